The molecule has 0 aromatic carbocycles. The van der Waals surface area contributed by atoms with Crippen molar-refractivity contribution in [2.75, 3.05) is 0 Å². The fraction of sp³-hybridized carbons (Fsp3) is 0.778. The van der Waals surface area contributed by atoms with Crippen LogP contribution in [0.25, 0.3) is 0 Å². The molecule has 0 bridgehead atoms. The third kappa shape index (κ3) is 3.25. The van der Waals surface area contributed by atoms with Gasteiger partial charge in [0.1, 0.15) is 0 Å². The predicted molar refractivity (Wildman–Crippen MR) is 59.6 cm³/mol. The van der Waals surface area contributed by atoms with E-state index in [2.05, 4.69) is 46.6 Å². The Morgan fingerprint density at radius 1 is 1.46 bits per heavy atom. The summed E-state index contributed by atoms with van der Waals surface area (Å²) < 4.78 is 5.86. The fourth-order valence-electron chi connectivity index (χ4n) is 1.33. The van der Waals surface area contributed by atoms with Gasteiger partial charge in [0.15, 0.2) is 0 Å². The second-order valence-corrected chi connectivity index (χ2v) is 4.11. The van der Waals surface area contributed by atoms with Crippen molar-refractivity contribution in [2.24, 2.45) is 0 Å². The topological polar surface area (TPSA) is 38.9 Å². The molecule has 0 aliphatic rings. The maximum atomic E-state index is 5.15. The Morgan fingerprint density at radius 2 is 2.23 bits per heavy atom. The zero-order valence-electron chi connectivity index (χ0n) is 8.09. The molecule has 1 unspecified atom stereocenters. The maximum Gasteiger partial charge on any atom is 0.232 e. The molecule has 1 aromatic rings. The van der Waals surface area contributed by atoms with Gasteiger partial charge < -0.3 is 4.52 Å². The van der Waals surface area contributed by atoms with Crippen LogP contribution in [-0.4, -0.2) is 10.1 Å². The minimum absolute atomic E-state index is 0.455. The molecule has 0 saturated carbocycles. The lowest BCUT2D eigenvalue weighted by atomic mass is 9.99. The lowest BCUT2D eigenvalue weighted by Gasteiger charge is -2.07. The molecule has 1 aromatic heterocycles. The van der Waals surface area contributed by atoms with Crippen LogP contribution in [0.2, 0.25) is 0 Å². The van der Waals surface area contributed by atoms with Crippen LogP contribution < -0.4 is 0 Å². The molecule has 0 radical (unpaired) electrons. The van der Waals surface area contributed by atoms with Crippen molar-refractivity contribution in [2.45, 2.75) is 45.4 Å². The van der Waals surface area contributed by atoms with Crippen molar-refractivity contribution in [1.29, 1.82) is 0 Å². The van der Waals surface area contributed by atoms with Gasteiger partial charge in [0.2, 0.25) is 9.72 Å². The van der Waals surface area contributed by atoms with E-state index < -0.39 is 0 Å². The van der Waals surface area contributed by atoms with Crippen LogP contribution in [0.5, 0.6) is 0 Å². The standard InChI is InChI=1S/C9H15IN2O/c1-3-5-6-7(4-2)8-11-9(10)12-13-8/h7H,3-6H2,1-2H3. The fourth-order valence-corrected chi connectivity index (χ4v) is 1.67. The van der Waals surface area contributed by atoms with Crippen LogP contribution in [0.15, 0.2) is 4.52 Å². The maximum absolute atomic E-state index is 5.15. The third-order valence-electron chi connectivity index (χ3n) is 2.17. The van der Waals surface area contributed by atoms with Crippen molar-refractivity contribution >= 4 is 22.6 Å². The van der Waals surface area contributed by atoms with Gasteiger partial charge in [-0.3, -0.25) is 0 Å². The number of nitrogens with zero attached hydrogens (tertiary/aromatic N) is 2. The quantitative estimate of drug-likeness (QED) is 0.782. The van der Waals surface area contributed by atoms with E-state index >= 15 is 0 Å². The monoisotopic (exact) mass is 294 g/mol. The normalized spacial score (nSPS) is 13.2. The number of rotatable bonds is 5. The molecular formula is C9H15IN2O. The Kier molecular flexibility index (Phi) is 4.69. The number of aromatic nitrogens is 2. The molecule has 3 nitrogen and oxygen atoms in total. The van der Waals surface area contributed by atoms with E-state index in [9.17, 15) is 0 Å². The Labute approximate surface area is 92.4 Å². The first-order chi connectivity index (χ1) is 6.27. The van der Waals surface area contributed by atoms with Crippen molar-refractivity contribution in [3.05, 3.63) is 9.72 Å². The van der Waals surface area contributed by atoms with Gasteiger partial charge in [-0.05, 0) is 12.8 Å². The van der Waals surface area contributed by atoms with Gasteiger partial charge in [0.05, 0.1) is 0 Å². The SMILES string of the molecule is CCCCC(CC)c1nc(I)no1. The van der Waals surface area contributed by atoms with Crippen molar-refractivity contribution < 1.29 is 4.52 Å². The summed E-state index contributed by atoms with van der Waals surface area (Å²) in [4.78, 5) is 4.24. The summed E-state index contributed by atoms with van der Waals surface area (Å²) >= 11 is 2.07. The Bertz CT molecular complexity index is 250. The van der Waals surface area contributed by atoms with E-state index in [0.717, 1.165) is 18.7 Å². The molecule has 0 N–H and O–H groups in total. The van der Waals surface area contributed by atoms with Gasteiger partial charge in [-0.1, -0.05) is 31.8 Å². The lowest BCUT2D eigenvalue weighted by molar-refractivity contribution is 0.337. The number of hydrogen-bond acceptors (Lipinski definition) is 3. The molecule has 1 atom stereocenters. The van der Waals surface area contributed by atoms with E-state index in [-0.39, 0.29) is 0 Å². The van der Waals surface area contributed by atoms with Gasteiger partial charge in [-0.15, -0.1) is 0 Å². The second kappa shape index (κ2) is 5.57. The third-order valence-corrected chi connectivity index (χ3v) is 2.60. The van der Waals surface area contributed by atoms with Gasteiger partial charge >= 0.3 is 0 Å². The zero-order chi connectivity index (χ0) is 9.68. The van der Waals surface area contributed by atoms with Gasteiger partial charge in [0.25, 0.3) is 0 Å². The van der Waals surface area contributed by atoms with Gasteiger partial charge in [0, 0.05) is 28.5 Å². The highest BCUT2D eigenvalue weighted by Gasteiger charge is 2.15. The molecule has 0 aliphatic carbocycles. The number of unbranched alkanes of at least 4 members (excludes halogenated alkanes) is 1. The van der Waals surface area contributed by atoms with E-state index in [4.69, 9.17) is 4.52 Å². The summed E-state index contributed by atoms with van der Waals surface area (Å²) in [5.74, 6) is 1.26. The minimum Gasteiger partial charge on any atom is -0.338 e. The van der Waals surface area contributed by atoms with Crippen molar-refractivity contribution in [3.8, 4) is 0 Å². The average molecular weight is 294 g/mol. The van der Waals surface area contributed by atoms with Gasteiger partial charge in [-0.2, -0.15) is 4.98 Å². The van der Waals surface area contributed by atoms with Crippen LogP contribution in [0.3, 0.4) is 0 Å². The van der Waals surface area contributed by atoms with E-state index in [1.165, 1.54) is 12.8 Å². The van der Waals surface area contributed by atoms with Gasteiger partial charge in [-0.25, -0.2) is 0 Å². The molecule has 0 aliphatic heterocycles. The first-order valence-electron chi connectivity index (χ1n) is 4.77. The summed E-state index contributed by atoms with van der Waals surface area (Å²) in [6.07, 6.45) is 4.70. The molecule has 4 heteroatoms. The molecule has 0 amide bonds. The summed E-state index contributed by atoms with van der Waals surface area (Å²) in [5.41, 5.74) is 0. The van der Waals surface area contributed by atoms with E-state index in [1.807, 2.05) is 0 Å². The summed E-state index contributed by atoms with van der Waals surface area (Å²) in [5, 5.41) is 3.79. The van der Waals surface area contributed by atoms with Crippen molar-refractivity contribution in [1.82, 2.24) is 10.1 Å². The molecule has 13 heavy (non-hydrogen) atoms. The Hall–Kier alpha value is -0.130. The molecule has 0 saturated heterocycles. The summed E-state index contributed by atoms with van der Waals surface area (Å²) in [7, 11) is 0. The highest BCUT2D eigenvalue weighted by Crippen LogP contribution is 2.23. The second-order valence-electron chi connectivity index (χ2n) is 3.15. The van der Waals surface area contributed by atoms with Crippen LogP contribution in [0.1, 0.15) is 51.3 Å². The highest BCUT2D eigenvalue weighted by atomic mass is 127. The lowest BCUT2D eigenvalue weighted by Crippen LogP contribution is -1.97. The minimum atomic E-state index is 0.455. The van der Waals surface area contributed by atoms with Crippen LogP contribution >= 0.6 is 22.6 Å². The number of hydrogen-bond donors (Lipinski definition) is 0. The smallest absolute Gasteiger partial charge is 0.232 e. The largest absolute Gasteiger partial charge is 0.338 e. The summed E-state index contributed by atoms with van der Waals surface area (Å²) in [6, 6.07) is 0. The first kappa shape index (κ1) is 10.9. The van der Waals surface area contributed by atoms with E-state index in [0.29, 0.717) is 9.75 Å². The first-order valence-corrected chi connectivity index (χ1v) is 5.84. The number of halogens is 1. The molecule has 0 fully saturated rings. The van der Waals surface area contributed by atoms with Crippen LogP contribution in [0.4, 0.5) is 0 Å². The molecule has 0 spiro atoms. The van der Waals surface area contributed by atoms with E-state index in [1.54, 1.807) is 0 Å². The predicted octanol–water partition coefficient (Wildman–Crippen LogP) is 3.36. The average Bonchev–Trinajstić information content (AvgIpc) is 2.54. The summed E-state index contributed by atoms with van der Waals surface area (Å²) in [6.45, 7) is 4.36. The van der Waals surface area contributed by atoms with Crippen LogP contribution in [0, 0.1) is 3.83 Å². The molecule has 74 valence electrons. The molecule has 1 rings (SSSR count). The molecular weight excluding hydrogens is 279 g/mol. The highest BCUT2D eigenvalue weighted by molar-refractivity contribution is 14.1. The Balaban J connectivity index is 2.56. The van der Waals surface area contributed by atoms with Crippen molar-refractivity contribution in [3.63, 3.8) is 0 Å². The van der Waals surface area contributed by atoms with Crippen LogP contribution in [-0.2, 0) is 0 Å². The zero-order valence-corrected chi connectivity index (χ0v) is 10.2. The Morgan fingerprint density at radius 3 is 2.69 bits per heavy atom. The molecule has 1 heterocycles.